The van der Waals surface area contributed by atoms with E-state index in [4.69, 9.17) is 20.8 Å². The number of carbonyl (C=O) groups excluding carboxylic acids is 1. The van der Waals surface area contributed by atoms with Crippen molar-refractivity contribution < 1.29 is 32.2 Å². The third-order valence-corrected chi connectivity index (χ3v) is 4.49. The summed E-state index contributed by atoms with van der Waals surface area (Å²) in [6.45, 7) is -0.110. The maximum absolute atomic E-state index is 13.1. The molecule has 0 radical (unpaired) electrons. The molecule has 1 N–H and O–H groups in total. The first kappa shape index (κ1) is 19.7. The van der Waals surface area contributed by atoms with Gasteiger partial charge in [0.05, 0.1) is 5.02 Å². The van der Waals surface area contributed by atoms with Gasteiger partial charge in [-0.25, -0.2) is 0 Å². The van der Waals surface area contributed by atoms with Crippen molar-refractivity contribution in [3.05, 3.63) is 51.3 Å². The molecule has 0 spiro atoms. The number of hydrogen-bond acceptors (Lipinski definition) is 5. The number of nitrogens with zero attached hydrogens (tertiary/aromatic N) is 2. The molecule has 0 aliphatic carbocycles. The zero-order valence-corrected chi connectivity index (χ0v) is 15.7. The molecule has 2 aromatic rings. The molecule has 27 heavy (non-hydrogen) atoms. The molecular formula is C16H11BrClF3N2O4. The van der Waals surface area contributed by atoms with Gasteiger partial charge in [-0.05, 0) is 30.3 Å². The summed E-state index contributed by atoms with van der Waals surface area (Å²) in [5.74, 6) is -1.11. The second-order valence-corrected chi connectivity index (χ2v) is 6.89. The Morgan fingerprint density at radius 2 is 2.15 bits per heavy atom. The van der Waals surface area contributed by atoms with Crippen molar-refractivity contribution in [2.45, 2.75) is 24.9 Å². The average molecular weight is 468 g/mol. The maximum atomic E-state index is 13.1. The summed E-state index contributed by atoms with van der Waals surface area (Å²) in [7, 11) is 0. The monoisotopic (exact) mass is 466 g/mol. The first-order valence-electron chi connectivity index (χ1n) is 7.44. The second kappa shape index (κ2) is 7.17. The molecule has 0 saturated heterocycles. The lowest BCUT2D eigenvalue weighted by Crippen LogP contribution is -2.56. The van der Waals surface area contributed by atoms with Gasteiger partial charge in [0, 0.05) is 17.1 Å². The van der Waals surface area contributed by atoms with Gasteiger partial charge >= 0.3 is 12.1 Å². The molecule has 3 rings (SSSR count). The molecule has 0 fully saturated rings. The van der Waals surface area contributed by atoms with Gasteiger partial charge in [0.25, 0.3) is 5.72 Å². The highest BCUT2D eigenvalue weighted by atomic mass is 79.9. The highest BCUT2D eigenvalue weighted by Gasteiger charge is 2.61. The van der Waals surface area contributed by atoms with Gasteiger partial charge in [-0.2, -0.15) is 23.3 Å². The van der Waals surface area contributed by atoms with Gasteiger partial charge in [-0.15, -0.1) is 0 Å². The standard InChI is InChI=1S/C16H11BrClF3N2O4/c17-9-1-3-12(11(18)7-9)26-8-10-2-4-13(27-10)14(24)23-15(25,5-6-22-23)16(19,20)21/h1-4,6-7,25H,5,8H2/t15-/m0/s1. The van der Waals surface area contributed by atoms with E-state index in [9.17, 15) is 23.1 Å². The minimum absolute atomic E-state index is 0.0396. The average Bonchev–Trinajstić information content (AvgIpc) is 3.20. The van der Waals surface area contributed by atoms with Gasteiger partial charge in [0.1, 0.15) is 18.1 Å². The Kier molecular flexibility index (Phi) is 5.24. The van der Waals surface area contributed by atoms with Crippen LogP contribution < -0.4 is 4.74 Å². The maximum Gasteiger partial charge on any atom is 0.438 e. The van der Waals surface area contributed by atoms with Crippen LogP contribution >= 0.6 is 27.5 Å². The van der Waals surface area contributed by atoms with Crippen molar-refractivity contribution in [2.24, 2.45) is 5.10 Å². The number of benzene rings is 1. The van der Waals surface area contributed by atoms with Crippen LogP contribution in [0.2, 0.25) is 5.02 Å². The van der Waals surface area contributed by atoms with Crippen LogP contribution in [0, 0.1) is 0 Å². The van der Waals surface area contributed by atoms with E-state index in [-0.39, 0.29) is 17.4 Å². The van der Waals surface area contributed by atoms with Crippen molar-refractivity contribution in [3.8, 4) is 5.75 Å². The van der Waals surface area contributed by atoms with Gasteiger partial charge < -0.3 is 14.3 Å². The number of furan rings is 1. The van der Waals surface area contributed by atoms with Crippen LogP contribution in [0.15, 0.2) is 44.3 Å². The molecule has 1 amide bonds. The summed E-state index contributed by atoms with van der Waals surface area (Å²) in [5.41, 5.74) is -3.40. The molecule has 1 aromatic carbocycles. The Morgan fingerprint density at radius 1 is 1.41 bits per heavy atom. The van der Waals surface area contributed by atoms with E-state index in [1.54, 1.807) is 18.2 Å². The zero-order chi connectivity index (χ0) is 19.8. The topological polar surface area (TPSA) is 75.3 Å². The SMILES string of the molecule is O=C(c1ccc(COc2ccc(Br)cc2Cl)o1)N1N=CC[C@]1(O)C(F)(F)F. The number of rotatable bonds is 4. The van der Waals surface area contributed by atoms with Crippen LogP contribution in [0.25, 0.3) is 0 Å². The normalized spacial score (nSPS) is 19.6. The quantitative estimate of drug-likeness (QED) is 0.725. The largest absolute Gasteiger partial charge is 0.484 e. The van der Waals surface area contributed by atoms with Crippen molar-refractivity contribution in [1.82, 2.24) is 5.01 Å². The molecular weight excluding hydrogens is 457 g/mol. The van der Waals surface area contributed by atoms with E-state index in [0.29, 0.717) is 10.8 Å². The molecule has 0 unspecified atom stereocenters. The summed E-state index contributed by atoms with van der Waals surface area (Å²) < 4.78 is 50.6. The van der Waals surface area contributed by atoms with Crippen LogP contribution in [0.4, 0.5) is 13.2 Å². The Bertz CT molecular complexity index is 902. The van der Waals surface area contributed by atoms with Crippen LogP contribution in [-0.4, -0.2) is 34.1 Å². The molecule has 0 saturated carbocycles. The van der Waals surface area contributed by atoms with Crippen molar-refractivity contribution in [2.75, 3.05) is 0 Å². The molecule has 1 aliphatic rings. The predicted octanol–water partition coefficient (Wildman–Crippen LogP) is 4.36. The molecule has 11 heteroatoms. The number of hydrazone groups is 1. The Morgan fingerprint density at radius 3 is 2.81 bits per heavy atom. The van der Waals surface area contributed by atoms with Gasteiger partial charge in [-0.3, -0.25) is 4.79 Å². The predicted molar refractivity (Wildman–Crippen MR) is 92.5 cm³/mol. The fourth-order valence-corrected chi connectivity index (χ4v) is 3.03. The number of halogens is 5. The molecule has 0 bridgehead atoms. The molecule has 144 valence electrons. The fraction of sp³-hybridized carbons (Fsp3) is 0.250. The minimum atomic E-state index is -5.07. The van der Waals surface area contributed by atoms with Crippen LogP contribution in [-0.2, 0) is 6.61 Å². The number of hydrogen-bond donors (Lipinski definition) is 1. The first-order chi connectivity index (χ1) is 12.6. The summed E-state index contributed by atoms with van der Waals surface area (Å²) >= 11 is 9.27. The van der Waals surface area contributed by atoms with E-state index < -0.39 is 30.0 Å². The molecule has 6 nitrogen and oxygen atoms in total. The fourth-order valence-electron chi connectivity index (χ4n) is 2.30. The second-order valence-electron chi connectivity index (χ2n) is 5.56. The minimum Gasteiger partial charge on any atom is -0.484 e. The lowest BCUT2D eigenvalue weighted by Gasteiger charge is -2.31. The summed E-state index contributed by atoms with van der Waals surface area (Å²) in [6, 6.07) is 7.49. The number of carbonyl (C=O) groups is 1. The molecule has 1 aliphatic heterocycles. The van der Waals surface area contributed by atoms with Gasteiger partial charge in [0.2, 0.25) is 0 Å². The van der Waals surface area contributed by atoms with E-state index in [1.165, 1.54) is 12.1 Å². The molecule has 2 heterocycles. The van der Waals surface area contributed by atoms with Crippen molar-refractivity contribution in [3.63, 3.8) is 0 Å². The number of ether oxygens (including phenoxy) is 1. The summed E-state index contributed by atoms with van der Waals surface area (Å²) in [5, 5.41) is 13.4. The zero-order valence-electron chi connectivity index (χ0n) is 13.3. The molecule has 1 aromatic heterocycles. The van der Waals surface area contributed by atoms with E-state index >= 15 is 0 Å². The smallest absolute Gasteiger partial charge is 0.438 e. The highest BCUT2D eigenvalue weighted by molar-refractivity contribution is 9.10. The third kappa shape index (κ3) is 3.83. The van der Waals surface area contributed by atoms with Crippen LogP contribution in [0.1, 0.15) is 22.7 Å². The third-order valence-electron chi connectivity index (χ3n) is 3.71. The van der Waals surface area contributed by atoms with E-state index in [0.717, 1.165) is 10.7 Å². The first-order valence-corrected chi connectivity index (χ1v) is 8.61. The van der Waals surface area contributed by atoms with E-state index in [2.05, 4.69) is 21.0 Å². The Labute approximate surface area is 164 Å². The van der Waals surface area contributed by atoms with Crippen LogP contribution in [0.5, 0.6) is 5.75 Å². The number of alkyl halides is 3. The lowest BCUT2D eigenvalue weighted by atomic mass is 10.1. The number of amides is 1. The van der Waals surface area contributed by atoms with Crippen LogP contribution in [0.3, 0.4) is 0 Å². The Balaban J connectivity index is 1.72. The van der Waals surface area contributed by atoms with Gasteiger partial charge in [-0.1, -0.05) is 27.5 Å². The highest BCUT2D eigenvalue weighted by Crippen LogP contribution is 2.39. The lowest BCUT2D eigenvalue weighted by molar-refractivity contribution is -0.297. The van der Waals surface area contributed by atoms with Gasteiger partial charge in [0.15, 0.2) is 5.76 Å². The number of aliphatic hydroxyl groups is 1. The van der Waals surface area contributed by atoms with Crippen molar-refractivity contribution >= 4 is 39.7 Å². The van der Waals surface area contributed by atoms with Crippen molar-refractivity contribution in [1.29, 1.82) is 0 Å². The summed E-state index contributed by atoms with van der Waals surface area (Å²) in [4.78, 5) is 12.3. The molecule has 1 atom stereocenters. The Hall–Kier alpha value is -2.04. The van der Waals surface area contributed by atoms with E-state index in [1.807, 2.05) is 0 Å². The summed E-state index contributed by atoms with van der Waals surface area (Å²) in [6.07, 6.45) is -5.12.